The van der Waals surface area contributed by atoms with Gasteiger partial charge in [0.15, 0.2) is 0 Å². The first-order valence-corrected chi connectivity index (χ1v) is 26.0. The Kier molecular flexibility index (Phi) is 12.5. The Morgan fingerprint density at radius 2 is 0.909 bits per heavy atom. The van der Waals surface area contributed by atoms with E-state index >= 15 is 0 Å². The van der Waals surface area contributed by atoms with E-state index in [2.05, 4.69) is 55.4 Å². The first kappa shape index (κ1) is 41.7. The highest BCUT2D eigenvalue weighted by Crippen LogP contribution is 2.70. The Morgan fingerprint density at radius 1 is 0.455 bits per heavy atom. The Morgan fingerprint density at radius 3 is 1.40 bits per heavy atom. The van der Waals surface area contributed by atoms with Crippen molar-refractivity contribution in [1.82, 2.24) is 0 Å². The Hall–Kier alpha value is -0.0400. The quantitative estimate of drug-likeness (QED) is 0.198. The summed E-state index contributed by atoms with van der Waals surface area (Å²) in [6, 6.07) is 0. The minimum absolute atomic E-state index is 0.117. The second-order valence-corrected chi connectivity index (χ2v) is 25.0. The number of hydrogen-bond acceptors (Lipinski definition) is 1. The summed E-state index contributed by atoms with van der Waals surface area (Å²) < 4.78 is 0. The molecule has 0 bridgehead atoms. The van der Waals surface area contributed by atoms with E-state index in [9.17, 15) is 5.11 Å². The van der Waals surface area contributed by atoms with Crippen molar-refractivity contribution in [3.8, 4) is 0 Å². The van der Waals surface area contributed by atoms with Crippen LogP contribution < -0.4 is 0 Å². The highest BCUT2D eigenvalue weighted by Gasteiger charge is 2.61. The van der Waals surface area contributed by atoms with Crippen molar-refractivity contribution in [1.29, 1.82) is 0 Å². The van der Waals surface area contributed by atoms with Gasteiger partial charge in [0.05, 0.1) is 6.10 Å². The van der Waals surface area contributed by atoms with Crippen molar-refractivity contribution < 1.29 is 5.11 Å². The van der Waals surface area contributed by atoms with Crippen molar-refractivity contribution in [3.63, 3.8) is 0 Å². The molecule has 0 aromatic heterocycles. The average molecular weight is 759 g/mol. The van der Waals surface area contributed by atoms with E-state index in [4.69, 9.17) is 0 Å². The van der Waals surface area contributed by atoms with Crippen LogP contribution in [0.1, 0.15) is 229 Å². The summed E-state index contributed by atoms with van der Waals surface area (Å²) in [5.41, 5.74) is 2.55. The molecule has 55 heavy (non-hydrogen) atoms. The summed E-state index contributed by atoms with van der Waals surface area (Å²) >= 11 is 0. The molecule has 8 rings (SSSR count). The van der Waals surface area contributed by atoms with Crippen molar-refractivity contribution >= 4 is 0 Å². The van der Waals surface area contributed by atoms with Gasteiger partial charge in [0.2, 0.25) is 0 Å². The number of rotatable bonds is 13. The molecule has 19 atom stereocenters. The van der Waals surface area contributed by atoms with Gasteiger partial charge in [-0.2, -0.15) is 0 Å². The third kappa shape index (κ3) is 7.44. The zero-order chi connectivity index (χ0) is 38.8. The van der Waals surface area contributed by atoms with Gasteiger partial charge in [-0.15, -0.1) is 0 Å². The van der Waals surface area contributed by atoms with Crippen LogP contribution in [-0.2, 0) is 0 Å². The molecule has 0 heterocycles. The third-order valence-electron chi connectivity index (χ3n) is 22.7. The molecule has 316 valence electrons. The molecule has 5 unspecified atom stereocenters. The van der Waals surface area contributed by atoms with E-state index in [1.165, 1.54) is 135 Å². The molecule has 0 aliphatic heterocycles. The fourth-order valence-corrected chi connectivity index (χ4v) is 19.4. The van der Waals surface area contributed by atoms with E-state index in [0.717, 1.165) is 77.4 Å². The Bertz CT molecular complexity index is 1270. The molecule has 1 heteroatoms. The predicted octanol–water partition coefficient (Wildman–Crippen LogP) is 15.7. The standard InChI is InChI=1S/C54H94O/c1-36(15-13-16-37(2)44-25-27-46-42-23-21-40-19-9-11-31-51(40,5)48(42)29-33-53(44,46)7)35-50(55)39(4)18-14-17-38(3)45-26-28-47-43-24-22-41-20-10-12-32-52(41,6)49(43)30-34-54(45,47)8/h36-50,55H,9-35H2,1-8H3/t36?,37-,38-,39?,40?,41?,42+,43+,44-,45-,46+,47+,48+,49+,50?,51+,52+,53-,54-/m1/s1. The molecule has 0 radical (unpaired) electrons. The third-order valence-corrected chi connectivity index (χ3v) is 22.7. The molecular formula is C54H94O. The monoisotopic (exact) mass is 759 g/mol. The van der Waals surface area contributed by atoms with Crippen LogP contribution >= 0.6 is 0 Å². The molecule has 8 aliphatic carbocycles. The number of aliphatic hydroxyl groups excluding tert-OH is 1. The van der Waals surface area contributed by atoms with Crippen LogP contribution in [0.15, 0.2) is 0 Å². The zero-order valence-electron chi connectivity index (χ0n) is 38.2. The second-order valence-electron chi connectivity index (χ2n) is 25.0. The summed E-state index contributed by atoms with van der Waals surface area (Å²) in [5.74, 6) is 12.9. The summed E-state index contributed by atoms with van der Waals surface area (Å²) in [6.45, 7) is 21.1. The summed E-state index contributed by atoms with van der Waals surface area (Å²) in [7, 11) is 0. The number of fused-ring (bicyclic) bond motifs is 10. The molecule has 0 saturated heterocycles. The Balaban J connectivity index is 0.746. The summed E-state index contributed by atoms with van der Waals surface area (Å²) in [6.07, 6.45) is 39.5. The molecule has 8 fully saturated rings. The molecule has 8 aliphatic rings. The van der Waals surface area contributed by atoms with Crippen LogP contribution in [0.25, 0.3) is 0 Å². The van der Waals surface area contributed by atoms with Crippen molar-refractivity contribution in [2.24, 2.45) is 105 Å². The van der Waals surface area contributed by atoms with E-state index in [1.807, 2.05) is 0 Å². The fourth-order valence-electron chi connectivity index (χ4n) is 19.4. The van der Waals surface area contributed by atoms with Crippen LogP contribution in [0.5, 0.6) is 0 Å². The fraction of sp³-hybridized carbons (Fsp3) is 1.00. The van der Waals surface area contributed by atoms with Crippen molar-refractivity contribution in [2.75, 3.05) is 0 Å². The molecule has 1 N–H and O–H groups in total. The number of hydrogen-bond donors (Lipinski definition) is 1. The lowest BCUT2D eigenvalue weighted by molar-refractivity contribution is -0.114. The number of aliphatic hydroxyl groups is 1. The molecule has 0 spiro atoms. The maximum absolute atomic E-state index is 11.4. The van der Waals surface area contributed by atoms with Gasteiger partial charge in [-0.25, -0.2) is 0 Å². The molecule has 1 nitrogen and oxygen atoms in total. The average Bonchev–Trinajstić information content (AvgIpc) is 3.71. The lowest BCUT2D eigenvalue weighted by atomic mass is 9.44. The maximum atomic E-state index is 11.4. The van der Waals surface area contributed by atoms with Crippen molar-refractivity contribution in [3.05, 3.63) is 0 Å². The van der Waals surface area contributed by atoms with Crippen LogP contribution in [0.4, 0.5) is 0 Å². The zero-order valence-corrected chi connectivity index (χ0v) is 38.2. The lowest BCUT2D eigenvalue weighted by Crippen LogP contribution is -2.53. The molecule has 8 saturated carbocycles. The second kappa shape index (κ2) is 16.4. The largest absolute Gasteiger partial charge is 0.393 e. The Labute approximate surface area is 343 Å². The first-order chi connectivity index (χ1) is 26.3. The van der Waals surface area contributed by atoms with Crippen LogP contribution in [0.3, 0.4) is 0 Å². The van der Waals surface area contributed by atoms with E-state index in [1.54, 1.807) is 32.1 Å². The highest BCUT2D eigenvalue weighted by atomic mass is 16.3. The molecule has 0 aromatic rings. The highest BCUT2D eigenvalue weighted by molar-refractivity contribution is 5.11. The minimum atomic E-state index is -0.117. The van der Waals surface area contributed by atoms with Gasteiger partial charge < -0.3 is 5.11 Å². The smallest absolute Gasteiger partial charge is 0.0568 e. The molecule has 0 aromatic carbocycles. The minimum Gasteiger partial charge on any atom is -0.393 e. The van der Waals surface area contributed by atoms with Gasteiger partial charge in [0.25, 0.3) is 0 Å². The van der Waals surface area contributed by atoms with Crippen molar-refractivity contribution in [2.45, 2.75) is 235 Å². The van der Waals surface area contributed by atoms with E-state index < -0.39 is 0 Å². The molecule has 0 amide bonds. The van der Waals surface area contributed by atoms with Gasteiger partial charge >= 0.3 is 0 Å². The summed E-state index contributed by atoms with van der Waals surface area (Å²) in [5, 5.41) is 11.4. The maximum Gasteiger partial charge on any atom is 0.0568 e. The van der Waals surface area contributed by atoms with E-state index in [0.29, 0.717) is 33.5 Å². The van der Waals surface area contributed by atoms with Gasteiger partial charge in [-0.3, -0.25) is 0 Å². The van der Waals surface area contributed by atoms with Gasteiger partial charge in [0.1, 0.15) is 0 Å². The topological polar surface area (TPSA) is 20.2 Å². The van der Waals surface area contributed by atoms with E-state index in [-0.39, 0.29) is 6.10 Å². The van der Waals surface area contributed by atoms with Crippen LogP contribution in [0, 0.1) is 105 Å². The summed E-state index contributed by atoms with van der Waals surface area (Å²) in [4.78, 5) is 0. The first-order valence-electron chi connectivity index (χ1n) is 26.0. The van der Waals surface area contributed by atoms with Gasteiger partial charge in [-0.05, 0) is 220 Å². The lowest BCUT2D eigenvalue weighted by Gasteiger charge is -2.61. The van der Waals surface area contributed by atoms with Crippen LogP contribution in [-0.4, -0.2) is 11.2 Å². The molecular weight excluding hydrogens is 665 g/mol. The van der Waals surface area contributed by atoms with Gasteiger partial charge in [-0.1, -0.05) is 113 Å². The SMILES string of the molecule is CC(CCC[C@@H](C)[C@H]1CC[C@H]2[C@@H]3CCC4CCCC[C@]4(C)[C@H]3CC[C@]12C)CC(O)C(C)CCC[C@@H](C)[C@H]1CC[C@H]2[C@@H]3CCC4CCCC[C@]4(C)[C@H]3CC[C@]12C. The van der Waals surface area contributed by atoms with Gasteiger partial charge in [0, 0.05) is 0 Å². The normalized spacial score (nSPS) is 49.3. The van der Waals surface area contributed by atoms with Crippen LogP contribution in [0.2, 0.25) is 0 Å². The predicted molar refractivity (Wildman–Crippen MR) is 235 cm³/mol.